The third-order valence-corrected chi connectivity index (χ3v) is 8.41. The molecule has 0 spiro atoms. The lowest BCUT2D eigenvalue weighted by molar-refractivity contribution is -0.145. The molecule has 1 saturated heterocycles. The minimum Gasteiger partial charge on any atom is -0.479 e. The van der Waals surface area contributed by atoms with Crippen molar-refractivity contribution in [3.63, 3.8) is 0 Å². The average Bonchev–Trinajstić information content (AvgIpc) is 3.26. The third kappa shape index (κ3) is 5.61. The molecular weight excluding hydrogens is 515 g/mol. The number of carbonyl (C=O) groups is 1. The number of aryl methyl sites for hydroxylation is 1. The summed E-state index contributed by atoms with van der Waals surface area (Å²) in [6.07, 6.45) is -3.08. The van der Waals surface area contributed by atoms with Crippen molar-refractivity contribution in [3.8, 4) is 5.75 Å². The zero-order valence-electron chi connectivity index (χ0n) is 21.7. The van der Waals surface area contributed by atoms with Crippen molar-refractivity contribution in [2.45, 2.75) is 64.9 Å². The van der Waals surface area contributed by atoms with Crippen LogP contribution in [0.2, 0.25) is 0 Å². The Morgan fingerprint density at radius 2 is 2.03 bits per heavy atom. The Kier molecular flexibility index (Phi) is 7.30. The van der Waals surface area contributed by atoms with Gasteiger partial charge in [0.15, 0.2) is 11.2 Å². The quantitative estimate of drug-likeness (QED) is 0.400. The Morgan fingerprint density at radius 3 is 2.74 bits per heavy atom. The van der Waals surface area contributed by atoms with Crippen molar-refractivity contribution in [1.29, 1.82) is 0 Å². The number of carboxylic acid groups (broad SMARTS) is 1. The van der Waals surface area contributed by atoms with Gasteiger partial charge in [0.1, 0.15) is 5.75 Å². The van der Waals surface area contributed by atoms with E-state index < -0.39 is 23.8 Å². The summed E-state index contributed by atoms with van der Waals surface area (Å²) in [6, 6.07) is 8.07. The third-order valence-electron chi connectivity index (χ3n) is 7.36. The van der Waals surface area contributed by atoms with Gasteiger partial charge in [-0.3, -0.25) is 4.90 Å². The molecule has 1 unspecified atom stereocenters. The van der Waals surface area contributed by atoms with Crippen LogP contribution < -0.4 is 9.64 Å². The van der Waals surface area contributed by atoms with Gasteiger partial charge in [-0.1, -0.05) is 31.3 Å². The molecule has 0 saturated carbocycles. The number of aromatic nitrogens is 1. The zero-order chi connectivity index (χ0) is 27.2. The van der Waals surface area contributed by atoms with Crippen LogP contribution in [0.1, 0.15) is 48.9 Å². The van der Waals surface area contributed by atoms with E-state index in [1.807, 2.05) is 13.0 Å². The molecule has 2 aliphatic heterocycles. The second-order valence-corrected chi connectivity index (χ2v) is 11.8. The van der Waals surface area contributed by atoms with Crippen LogP contribution in [0, 0.1) is 12.8 Å². The van der Waals surface area contributed by atoms with Gasteiger partial charge in [0.25, 0.3) is 0 Å². The second kappa shape index (κ2) is 10.4. The molecule has 1 fully saturated rings. The molecule has 0 bridgehead atoms. The summed E-state index contributed by atoms with van der Waals surface area (Å²) in [4.78, 5) is 20.8. The first-order chi connectivity index (χ1) is 18.0. The normalized spacial score (nSPS) is 20.6. The van der Waals surface area contributed by atoms with Gasteiger partial charge in [-0.25, -0.2) is 9.78 Å². The van der Waals surface area contributed by atoms with E-state index in [1.54, 1.807) is 0 Å². The van der Waals surface area contributed by atoms with E-state index in [4.69, 9.17) is 9.72 Å². The highest BCUT2D eigenvalue weighted by Crippen LogP contribution is 2.37. The largest absolute Gasteiger partial charge is 0.479 e. The van der Waals surface area contributed by atoms with Gasteiger partial charge in [-0.05, 0) is 73.1 Å². The maximum absolute atomic E-state index is 13.2. The summed E-state index contributed by atoms with van der Waals surface area (Å²) in [5.41, 5.74) is 3.23. The van der Waals surface area contributed by atoms with Crippen LogP contribution >= 0.6 is 11.3 Å². The number of nitrogens with zero attached hydrogens (tertiary/aromatic N) is 3. The number of anilines is 1. The molecule has 2 atom stereocenters. The number of carboxylic acids is 1. The fraction of sp³-hybridized carbons (Fsp3) is 0.500. The molecular formula is C28H32F3N3O3S. The molecule has 1 aromatic heterocycles. The number of benzene rings is 2. The van der Waals surface area contributed by atoms with Crippen LogP contribution in [0.25, 0.3) is 10.2 Å². The van der Waals surface area contributed by atoms with Crippen LogP contribution in [0.4, 0.5) is 18.3 Å². The number of hydrogen-bond acceptors (Lipinski definition) is 6. The monoisotopic (exact) mass is 547 g/mol. The van der Waals surface area contributed by atoms with Gasteiger partial charge >= 0.3 is 12.1 Å². The summed E-state index contributed by atoms with van der Waals surface area (Å²) in [6.45, 7) is 9.42. The van der Waals surface area contributed by atoms with E-state index in [-0.39, 0.29) is 6.04 Å². The smallest absolute Gasteiger partial charge is 0.416 e. The van der Waals surface area contributed by atoms with E-state index in [9.17, 15) is 23.1 Å². The summed E-state index contributed by atoms with van der Waals surface area (Å²) in [5.74, 6) is 0.181. The van der Waals surface area contributed by atoms with Gasteiger partial charge in [-0.2, -0.15) is 13.2 Å². The highest BCUT2D eigenvalue weighted by molar-refractivity contribution is 7.22. The molecule has 2 aromatic carbocycles. The van der Waals surface area contributed by atoms with E-state index in [2.05, 4.69) is 29.7 Å². The van der Waals surface area contributed by atoms with Gasteiger partial charge in [0.2, 0.25) is 0 Å². The molecule has 2 aliphatic rings. The van der Waals surface area contributed by atoms with Crippen molar-refractivity contribution in [2.24, 2.45) is 5.92 Å². The standard InChI is InChI=1S/C28H32F3N3O3S/c1-16(2)10-20-15-33(14-18-11-17(3)21-5-7-23(26(35)36)37-24(21)12-18)8-9-34(20)27-32-22-6-4-19(28(29,30)31)13-25(22)38-27/h4,6,11-13,16,20,23H,5,7-10,14-15H2,1-3H3,(H,35,36)/t20-,23?/m1/s1. The topological polar surface area (TPSA) is 65.9 Å². The van der Waals surface area contributed by atoms with Crippen LogP contribution in [0.15, 0.2) is 30.3 Å². The highest BCUT2D eigenvalue weighted by Gasteiger charge is 2.33. The number of piperazine rings is 1. The molecule has 6 nitrogen and oxygen atoms in total. The number of hydrogen-bond donors (Lipinski definition) is 1. The molecule has 10 heteroatoms. The number of aliphatic carboxylic acids is 1. The molecule has 1 N–H and O–H groups in total. The van der Waals surface area contributed by atoms with E-state index >= 15 is 0 Å². The fourth-order valence-corrected chi connectivity index (χ4v) is 6.67. The van der Waals surface area contributed by atoms with Crippen molar-refractivity contribution >= 4 is 32.7 Å². The van der Waals surface area contributed by atoms with Crippen molar-refractivity contribution in [1.82, 2.24) is 9.88 Å². The fourth-order valence-electron chi connectivity index (χ4n) is 5.57. The Morgan fingerprint density at radius 1 is 1.24 bits per heavy atom. The Bertz CT molecular complexity index is 1340. The zero-order valence-corrected chi connectivity index (χ0v) is 22.5. The van der Waals surface area contributed by atoms with Crippen LogP contribution in [0.5, 0.6) is 5.75 Å². The molecule has 0 aliphatic carbocycles. The van der Waals surface area contributed by atoms with Crippen LogP contribution in [0.3, 0.4) is 0 Å². The SMILES string of the molecule is Cc1cc(CN2CCN(c3nc4ccc(C(F)(F)F)cc4s3)[C@H](CC(C)C)C2)cc2c1CCC(C(=O)O)O2. The molecule has 3 heterocycles. The second-order valence-electron chi connectivity index (χ2n) is 10.8. The number of ether oxygens (including phenoxy) is 1. The highest BCUT2D eigenvalue weighted by atomic mass is 32.1. The number of rotatable bonds is 6. The number of thiazole rings is 1. The Balaban J connectivity index is 1.34. The van der Waals surface area contributed by atoms with E-state index in [0.717, 1.165) is 53.9 Å². The minimum atomic E-state index is -4.38. The lowest BCUT2D eigenvalue weighted by Crippen LogP contribution is -2.53. The summed E-state index contributed by atoms with van der Waals surface area (Å²) in [5, 5.41) is 10.2. The average molecular weight is 548 g/mol. The van der Waals surface area contributed by atoms with Gasteiger partial charge < -0.3 is 14.7 Å². The predicted octanol–water partition coefficient (Wildman–Crippen LogP) is 6.14. The van der Waals surface area contributed by atoms with E-state index in [0.29, 0.717) is 41.3 Å². The summed E-state index contributed by atoms with van der Waals surface area (Å²) < 4.78 is 46.0. The number of halogens is 3. The summed E-state index contributed by atoms with van der Waals surface area (Å²) in [7, 11) is 0. The Hall–Kier alpha value is -2.85. The number of fused-ring (bicyclic) bond motifs is 2. The van der Waals surface area contributed by atoms with E-state index in [1.165, 1.54) is 23.5 Å². The molecule has 0 radical (unpaired) electrons. The maximum Gasteiger partial charge on any atom is 0.416 e. The molecule has 0 amide bonds. The van der Waals surface area contributed by atoms with Gasteiger partial charge in [0.05, 0.1) is 15.8 Å². The molecule has 3 aromatic rings. The maximum atomic E-state index is 13.2. The van der Waals surface area contributed by atoms with Crippen molar-refractivity contribution in [3.05, 3.63) is 52.6 Å². The molecule has 204 valence electrons. The lowest BCUT2D eigenvalue weighted by Gasteiger charge is -2.42. The predicted molar refractivity (Wildman–Crippen MR) is 142 cm³/mol. The molecule has 38 heavy (non-hydrogen) atoms. The first kappa shape index (κ1) is 26.7. The summed E-state index contributed by atoms with van der Waals surface area (Å²) >= 11 is 1.32. The van der Waals surface area contributed by atoms with Gasteiger partial charge in [0, 0.05) is 32.2 Å². The first-order valence-electron chi connectivity index (χ1n) is 13.0. The molecule has 5 rings (SSSR count). The van der Waals surface area contributed by atoms with Crippen LogP contribution in [-0.2, 0) is 23.9 Å². The number of alkyl halides is 3. The van der Waals surface area contributed by atoms with Gasteiger partial charge in [-0.15, -0.1) is 0 Å². The van der Waals surface area contributed by atoms with Crippen LogP contribution in [-0.4, -0.2) is 52.7 Å². The van der Waals surface area contributed by atoms with Crippen molar-refractivity contribution < 1.29 is 27.8 Å². The minimum absolute atomic E-state index is 0.178. The lowest BCUT2D eigenvalue weighted by atomic mass is 9.95. The van der Waals surface area contributed by atoms with Crippen molar-refractivity contribution in [2.75, 3.05) is 24.5 Å². The Labute approximate surface area is 224 Å². The first-order valence-corrected chi connectivity index (χ1v) is 13.8.